The van der Waals surface area contributed by atoms with E-state index in [1.807, 2.05) is 38.1 Å². The first-order valence-electron chi connectivity index (χ1n) is 8.17. The number of hydrogen-bond acceptors (Lipinski definition) is 5. The van der Waals surface area contributed by atoms with E-state index in [2.05, 4.69) is 15.8 Å². The molecule has 26 heavy (non-hydrogen) atoms. The smallest absolute Gasteiger partial charge is 0.191 e. The van der Waals surface area contributed by atoms with Gasteiger partial charge in [0.25, 0.3) is 0 Å². The number of ether oxygens (including phenoxy) is 2. The summed E-state index contributed by atoms with van der Waals surface area (Å²) in [6.07, 6.45) is 0.577. The normalized spacial score (nSPS) is 16.3. The van der Waals surface area contributed by atoms with E-state index in [0.717, 1.165) is 17.0 Å². The van der Waals surface area contributed by atoms with Crippen LogP contribution in [0.25, 0.3) is 0 Å². The number of thiocarbonyl (C=S) groups is 1. The fraction of sp³-hybridized carbons (Fsp3) is 0.263. The van der Waals surface area contributed by atoms with Crippen molar-refractivity contribution in [1.29, 1.82) is 0 Å². The van der Waals surface area contributed by atoms with Crippen LogP contribution in [0.1, 0.15) is 25.8 Å². The number of methoxy groups -OCH3 is 1. The van der Waals surface area contributed by atoms with E-state index in [1.165, 1.54) is 0 Å². The monoisotopic (exact) mass is 371 g/mol. The Morgan fingerprint density at radius 1 is 1.27 bits per heavy atom. The minimum atomic E-state index is -0.401. The molecular weight excluding hydrogens is 350 g/mol. The number of rotatable bonds is 3. The molecule has 0 atom stereocenters. The molecule has 0 unspecified atom stereocenters. The first-order valence-corrected chi connectivity index (χ1v) is 8.58. The summed E-state index contributed by atoms with van der Waals surface area (Å²) >= 11 is 5.33. The lowest BCUT2D eigenvalue weighted by atomic mass is 9.92. The van der Waals surface area contributed by atoms with E-state index in [-0.39, 0.29) is 5.75 Å². The minimum Gasteiger partial charge on any atom is -0.508 e. The van der Waals surface area contributed by atoms with Crippen molar-refractivity contribution in [1.82, 2.24) is 5.43 Å². The van der Waals surface area contributed by atoms with Gasteiger partial charge in [0.15, 0.2) is 5.11 Å². The molecule has 1 heterocycles. The van der Waals surface area contributed by atoms with Crippen LogP contribution in [0.4, 0.5) is 5.69 Å². The number of benzene rings is 2. The van der Waals surface area contributed by atoms with Gasteiger partial charge in [-0.3, -0.25) is 5.43 Å². The zero-order valence-electron chi connectivity index (χ0n) is 14.9. The van der Waals surface area contributed by atoms with Crippen LogP contribution in [0, 0.1) is 0 Å². The number of phenols is 1. The first-order chi connectivity index (χ1) is 12.4. The highest BCUT2D eigenvalue weighted by atomic mass is 32.1. The lowest BCUT2D eigenvalue weighted by Crippen LogP contribution is -2.37. The average molecular weight is 371 g/mol. The third-order valence-corrected chi connectivity index (χ3v) is 4.09. The number of hydrogen-bond donors (Lipinski definition) is 3. The Hall–Kier alpha value is -2.80. The summed E-state index contributed by atoms with van der Waals surface area (Å²) in [5, 5.41) is 17.6. The second kappa shape index (κ2) is 7.21. The third-order valence-electron chi connectivity index (χ3n) is 3.90. The topological polar surface area (TPSA) is 75.1 Å². The predicted molar refractivity (Wildman–Crippen MR) is 106 cm³/mol. The third kappa shape index (κ3) is 4.05. The van der Waals surface area contributed by atoms with Gasteiger partial charge >= 0.3 is 0 Å². The van der Waals surface area contributed by atoms with Crippen LogP contribution < -0.4 is 20.2 Å². The van der Waals surface area contributed by atoms with E-state index in [4.69, 9.17) is 21.7 Å². The van der Waals surface area contributed by atoms with Crippen LogP contribution in [-0.4, -0.2) is 28.6 Å². The van der Waals surface area contributed by atoms with Gasteiger partial charge in [-0.2, -0.15) is 5.10 Å². The number of anilines is 1. The molecule has 7 heteroatoms. The molecule has 2 aromatic carbocycles. The van der Waals surface area contributed by atoms with Crippen molar-refractivity contribution in [2.45, 2.75) is 25.9 Å². The molecule has 0 radical (unpaired) electrons. The summed E-state index contributed by atoms with van der Waals surface area (Å²) in [7, 11) is 1.60. The summed E-state index contributed by atoms with van der Waals surface area (Å²) in [6, 6.07) is 12.5. The van der Waals surface area contributed by atoms with Crippen molar-refractivity contribution >= 4 is 28.7 Å². The maximum absolute atomic E-state index is 9.78. The zero-order chi connectivity index (χ0) is 18.7. The second-order valence-corrected chi connectivity index (χ2v) is 6.95. The summed E-state index contributed by atoms with van der Waals surface area (Å²) in [5.41, 5.74) is 4.72. The highest BCUT2D eigenvalue weighted by molar-refractivity contribution is 7.80. The molecule has 6 nitrogen and oxygen atoms in total. The quantitative estimate of drug-likeness (QED) is 0.565. The molecule has 0 spiro atoms. The molecule has 0 amide bonds. The number of hydrazone groups is 1. The van der Waals surface area contributed by atoms with Crippen LogP contribution >= 0.6 is 12.2 Å². The Morgan fingerprint density at radius 3 is 2.81 bits per heavy atom. The number of aromatic hydroxyl groups is 1. The summed E-state index contributed by atoms with van der Waals surface area (Å²) in [6.45, 7) is 3.98. The van der Waals surface area contributed by atoms with Gasteiger partial charge in [-0.15, -0.1) is 0 Å². The molecule has 2 aromatic rings. The molecule has 0 aliphatic carbocycles. The Kier molecular flexibility index (Phi) is 4.99. The average Bonchev–Trinajstić information content (AvgIpc) is 2.60. The maximum Gasteiger partial charge on any atom is 0.191 e. The van der Waals surface area contributed by atoms with Gasteiger partial charge in [0.1, 0.15) is 22.8 Å². The highest BCUT2D eigenvalue weighted by Gasteiger charge is 2.31. The van der Waals surface area contributed by atoms with Crippen LogP contribution in [0.15, 0.2) is 47.6 Å². The molecule has 0 aromatic heterocycles. The predicted octanol–water partition coefficient (Wildman–Crippen LogP) is 3.65. The molecular formula is C19H21N3O3S. The van der Waals surface area contributed by atoms with Gasteiger partial charge < -0.3 is 19.9 Å². The van der Waals surface area contributed by atoms with Gasteiger partial charge in [-0.25, -0.2) is 0 Å². The van der Waals surface area contributed by atoms with E-state index in [9.17, 15) is 5.11 Å². The largest absolute Gasteiger partial charge is 0.508 e. The lowest BCUT2D eigenvalue weighted by Gasteiger charge is -2.33. The maximum atomic E-state index is 9.78. The van der Waals surface area contributed by atoms with Gasteiger partial charge in [0, 0.05) is 12.0 Å². The van der Waals surface area contributed by atoms with E-state index < -0.39 is 5.60 Å². The standard InChI is InChI=1S/C19H21N3O3S/c1-19(2)11-15(13-10-12(23)8-9-16(13)25-19)21-22-18(26)20-14-6-4-5-7-17(14)24-3/h4-10,23H,11H2,1-3H3,(H2,20,22,26)/b21-15-. The SMILES string of the molecule is COc1ccccc1NC(=S)N/N=C1/CC(C)(C)Oc2ccc(O)cc21. The molecule has 3 N–H and O–H groups in total. The summed E-state index contributed by atoms with van der Waals surface area (Å²) in [5.74, 6) is 1.53. The number of phenolic OH excluding ortho intramolecular Hbond substituents is 1. The highest BCUT2D eigenvalue weighted by Crippen LogP contribution is 2.35. The summed E-state index contributed by atoms with van der Waals surface area (Å²) in [4.78, 5) is 0. The van der Waals surface area contributed by atoms with Crippen molar-refractivity contribution in [3.8, 4) is 17.2 Å². The lowest BCUT2D eigenvalue weighted by molar-refractivity contribution is 0.111. The van der Waals surface area contributed by atoms with E-state index >= 15 is 0 Å². The number of para-hydroxylation sites is 2. The van der Waals surface area contributed by atoms with Crippen molar-refractivity contribution in [3.63, 3.8) is 0 Å². The Balaban J connectivity index is 1.79. The number of nitrogens with one attached hydrogen (secondary N) is 2. The van der Waals surface area contributed by atoms with Gasteiger partial charge in [-0.1, -0.05) is 12.1 Å². The second-order valence-electron chi connectivity index (χ2n) is 6.54. The molecule has 0 fully saturated rings. The number of fused-ring (bicyclic) bond motifs is 1. The molecule has 1 aliphatic heterocycles. The fourth-order valence-corrected chi connectivity index (χ4v) is 2.94. The van der Waals surface area contributed by atoms with E-state index in [1.54, 1.807) is 25.3 Å². The Morgan fingerprint density at radius 2 is 2.04 bits per heavy atom. The van der Waals surface area contributed by atoms with Crippen LogP contribution in [-0.2, 0) is 0 Å². The van der Waals surface area contributed by atoms with Crippen LogP contribution in [0.3, 0.4) is 0 Å². The first kappa shape index (κ1) is 18.0. The molecule has 1 aliphatic rings. The molecule has 0 saturated carbocycles. The Labute approximate surface area is 157 Å². The van der Waals surface area contributed by atoms with Crippen molar-refractivity contribution in [3.05, 3.63) is 48.0 Å². The van der Waals surface area contributed by atoms with Crippen molar-refractivity contribution in [2.75, 3.05) is 12.4 Å². The van der Waals surface area contributed by atoms with Crippen LogP contribution in [0.5, 0.6) is 17.2 Å². The van der Waals surface area contributed by atoms with Gasteiger partial charge in [0.2, 0.25) is 0 Å². The van der Waals surface area contributed by atoms with E-state index in [0.29, 0.717) is 23.0 Å². The fourth-order valence-electron chi connectivity index (χ4n) is 2.78. The minimum absolute atomic E-state index is 0.162. The van der Waals surface area contributed by atoms with Gasteiger partial charge in [-0.05, 0) is 56.4 Å². The molecule has 136 valence electrons. The van der Waals surface area contributed by atoms with Crippen LogP contribution in [0.2, 0.25) is 0 Å². The Bertz CT molecular complexity index is 865. The molecule has 3 rings (SSSR count). The molecule has 0 saturated heterocycles. The van der Waals surface area contributed by atoms with Crippen molar-refractivity contribution in [2.24, 2.45) is 5.10 Å². The van der Waals surface area contributed by atoms with Crippen molar-refractivity contribution < 1.29 is 14.6 Å². The van der Waals surface area contributed by atoms with Gasteiger partial charge in [0.05, 0.1) is 18.5 Å². The zero-order valence-corrected chi connectivity index (χ0v) is 15.7. The number of nitrogens with zero attached hydrogens (tertiary/aromatic N) is 1. The molecule has 0 bridgehead atoms. The summed E-state index contributed by atoms with van der Waals surface area (Å²) < 4.78 is 11.3.